The molecular weight excluding hydrogens is 657 g/mol. The van der Waals surface area contributed by atoms with Gasteiger partial charge in [-0.05, 0) is 22.3 Å². The smallest absolute Gasteiger partial charge is 0.264 e. The molecule has 4 atom stereocenters. The molecule has 0 amide bonds. The summed E-state index contributed by atoms with van der Waals surface area (Å²) in [6.07, 6.45) is -2.66. The molecule has 0 radical (unpaired) electrons. The Labute approximate surface area is 283 Å². The van der Waals surface area contributed by atoms with E-state index in [9.17, 15) is 16.8 Å². The van der Waals surface area contributed by atoms with E-state index < -0.39 is 51.3 Å². The van der Waals surface area contributed by atoms with Gasteiger partial charge in [0.15, 0.2) is 0 Å². The second-order valence-electron chi connectivity index (χ2n) is 11.2. The van der Waals surface area contributed by atoms with Crippen molar-refractivity contribution in [3.05, 3.63) is 144 Å². The van der Waals surface area contributed by atoms with Gasteiger partial charge in [-0.15, -0.1) is 0 Å². The van der Waals surface area contributed by atoms with Gasteiger partial charge in [0.25, 0.3) is 20.2 Å². The molecule has 0 bridgehead atoms. The minimum atomic E-state index is -4.05. The van der Waals surface area contributed by atoms with E-state index in [1.165, 1.54) is 0 Å². The van der Waals surface area contributed by atoms with Crippen molar-refractivity contribution in [3.8, 4) is 0 Å². The third kappa shape index (κ3) is 14.0. The highest BCUT2D eigenvalue weighted by Gasteiger charge is 2.41. The molecule has 4 rings (SSSR count). The normalized spacial score (nSPS) is 14.6. The van der Waals surface area contributed by atoms with Crippen LogP contribution in [0.3, 0.4) is 0 Å². The van der Waals surface area contributed by atoms with Crippen LogP contribution in [0, 0.1) is 0 Å². The molecule has 4 aromatic rings. The van der Waals surface area contributed by atoms with E-state index in [1.807, 2.05) is 121 Å². The Kier molecular flexibility index (Phi) is 14.7. The Hall–Kier alpha value is -3.46. The first-order valence-corrected chi connectivity index (χ1v) is 19.0. The third-order valence-electron chi connectivity index (χ3n) is 7.07. The van der Waals surface area contributed by atoms with Crippen molar-refractivity contribution in [1.82, 2.24) is 0 Å². The largest absolute Gasteiger partial charge is 0.374 e. The lowest BCUT2D eigenvalue weighted by molar-refractivity contribution is -0.187. The van der Waals surface area contributed by atoms with Gasteiger partial charge in [-0.2, -0.15) is 16.8 Å². The monoisotopic (exact) mass is 698 g/mol. The summed E-state index contributed by atoms with van der Waals surface area (Å²) >= 11 is 0. The topological polar surface area (TPSA) is 124 Å². The molecule has 0 aliphatic rings. The summed E-state index contributed by atoms with van der Waals surface area (Å²) in [5.74, 6) is 0. The van der Waals surface area contributed by atoms with Crippen LogP contribution in [0.15, 0.2) is 121 Å². The molecule has 0 fully saturated rings. The van der Waals surface area contributed by atoms with Crippen LogP contribution in [0.25, 0.3) is 0 Å². The van der Waals surface area contributed by atoms with Gasteiger partial charge in [-0.1, -0.05) is 121 Å². The SMILES string of the molecule is CS(=O)(=O)OC[C@H](OCc1ccccc1)[C@@H](OCc1ccccc1)C(OCc1ccccc1)[C@@H](COCc1ccccc1)OS(C)(=O)=O. The molecule has 12 heteroatoms. The van der Waals surface area contributed by atoms with Crippen LogP contribution in [-0.4, -0.2) is 67.0 Å². The molecule has 0 heterocycles. The number of rotatable bonds is 21. The summed E-state index contributed by atoms with van der Waals surface area (Å²) in [7, 11) is -7.95. The van der Waals surface area contributed by atoms with E-state index in [0.29, 0.717) is 0 Å². The molecule has 0 saturated carbocycles. The first kappa shape index (κ1) is 37.4. The van der Waals surface area contributed by atoms with Crippen molar-refractivity contribution >= 4 is 20.2 Å². The highest BCUT2D eigenvalue weighted by atomic mass is 32.2. The van der Waals surface area contributed by atoms with E-state index in [4.69, 9.17) is 27.3 Å². The summed E-state index contributed by atoms with van der Waals surface area (Å²) in [6, 6.07) is 37.4. The maximum Gasteiger partial charge on any atom is 0.264 e. The fourth-order valence-corrected chi connectivity index (χ4v) is 5.83. The second-order valence-corrected chi connectivity index (χ2v) is 14.4. The molecule has 10 nitrogen and oxygen atoms in total. The zero-order valence-corrected chi connectivity index (χ0v) is 28.6. The van der Waals surface area contributed by atoms with Gasteiger partial charge in [-0.25, -0.2) is 0 Å². The van der Waals surface area contributed by atoms with Crippen LogP contribution < -0.4 is 0 Å². The summed E-state index contributed by atoms with van der Waals surface area (Å²) in [4.78, 5) is 0. The van der Waals surface area contributed by atoms with Gasteiger partial charge in [0.2, 0.25) is 0 Å². The lowest BCUT2D eigenvalue weighted by atomic mass is 10.0. The van der Waals surface area contributed by atoms with Gasteiger partial charge >= 0.3 is 0 Å². The highest BCUT2D eigenvalue weighted by molar-refractivity contribution is 7.86. The quantitative estimate of drug-likeness (QED) is 0.106. The average molecular weight is 699 g/mol. The average Bonchev–Trinajstić information content (AvgIpc) is 3.07. The molecule has 4 aromatic carbocycles. The summed E-state index contributed by atoms with van der Waals surface area (Å²) in [5, 5.41) is 0. The molecule has 0 aliphatic heterocycles. The maximum absolute atomic E-state index is 12.7. The second kappa shape index (κ2) is 18.9. The highest BCUT2D eigenvalue weighted by Crippen LogP contribution is 2.24. The lowest BCUT2D eigenvalue weighted by Crippen LogP contribution is -2.52. The molecule has 0 spiro atoms. The minimum absolute atomic E-state index is 0.0529. The number of hydrogen-bond acceptors (Lipinski definition) is 10. The molecule has 0 saturated heterocycles. The van der Waals surface area contributed by atoms with Crippen molar-refractivity contribution < 1.29 is 44.1 Å². The van der Waals surface area contributed by atoms with E-state index in [0.717, 1.165) is 34.8 Å². The minimum Gasteiger partial charge on any atom is -0.374 e. The van der Waals surface area contributed by atoms with Crippen molar-refractivity contribution in [1.29, 1.82) is 0 Å². The van der Waals surface area contributed by atoms with Gasteiger partial charge in [0, 0.05) is 0 Å². The van der Waals surface area contributed by atoms with E-state index in [-0.39, 0.29) is 33.0 Å². The van der Waals surface area contributed by atoms with Crippen LogP contribution in [0.4, 0.5) is 0 Å². The first-order chi connectivity index (χ1) is 23.1. The fraction of sp³-hybridized carbons (Fsp3) is 0.333. The van der Waals surface area contributed by atoms with Gasteiger partial charge in [0.05, 0.1) is 52.2 Å². The van der Waals surface area contributed by atoms with Crippen molar-refractivity contribution in [2.75, 3.05) is 25.7 Å². The Bertz CT molecular complexity index is 1690. The maximum atomic E-state index is 12.7. The third-order valence-corrected chi connectivity index (χ3v) is 8.23. The van der Waals surface area contributed by atoms with Crippen molar-refractivity contribution in [2.24, 2.45) is 0 Å². The molecule has 258 valence electrons. The van der Waals surface area contributed by atoms with Crippen LogP contribution in [-0.2, 0) is 74.0 Å². The van der Waals surface area contributed by atoms with Crippen molar-refractivity contribution in [2.45, 2.75) is 50.8 Å². The Morgan fingerprint density at radius 2 is 0.833 bits per heavy atom. The van der Waals surface area contributed by atoms with E-state index >= 15 is 0 Å². The summed E-state index contributed by atoms with van der Waals surface area (Å²) in [5.41, 5.74) is 3.32. The van der Waals surface area contributed by atoms with Gasteiger partial charge < -0.3 is 18.9 Å². The van der Waals surface area contributed by atoms with E-state index in [1.54, 1.807) is 0 Å². The molecule has 48 heavy (non-hydrogen) atoms. The zero-order chi connectivity index (χ0) is 34.2. The first-order valence-electron chi connectivity index (χ1n) is 15.4. The summed E-state index contributed by atoms with van der Waals surface area (Å²) < 4.78 is 86.0. The van der Waals surface area contributed by atoms with Crippen LogP contribution in [0.1, 0.15) is 22.3 Å². The van der Waals surface area contributed by atoms with Crippen LogP contribution in [0.2, 0.25) is 0 Å². The molecule has 1 unspecified atom stereocenters. The van der Waals surface area contributed by atoms with Crippen molar-refractivity contribution in [3.63, 3.8) is 0 Å². The predicted octanol–water partition coefficient (Wildman–Crippen LogP) is 5.28. The Balaban J connectivity index is 1.73. The Morgan fingerprint density at radius 1 is 0.458 bits per heavy atom. The lowest BCUT2D eigenvalue weighted by Gasteiger charge is -2.37. The Morgan fingerprint density at radius 3 is 1.23 bits per heavy atom. The number of hydrogen-bond donors (Lipinski definition) is 0. The van der Waals surface area contributed by atoms with E-state index in [2.05, 4.69) is 0 Å². The van der Waals surface area contributed by atoms with Gasteiger partial charge in [0.1, 0.15) is 24.4 Å². The predicted molar refractivity (Wildman–Crippen MR) is 182 cm³/mol. The standard InChI is InChI=1S/C36H42O10S2/c1-47(37,38)45-28-33(42-24-30-17-9-4-10-18-30)35(43-25-31-19-11-5-12-20-31)36(44-26-32-21-13-6-14-22-32)34(46-48(2,39)40)27-41-23-29-15-7-3-8-16-29/h3-22,33-36H,23-28H2,1-2H3/t33-,34+,35+,36?/m0/s1. The summed E-state index contributed by atoms with van der Waals surface area (Å²) in [6.45, 7) is -0.264. The fourth-order valence-electron chi connectivity index (χ4n) is 4.84. The van der Waals surface area contributed by atoms with Gasteiger partial charge in [-0.3, -0.25) is 8.37 Å². The molecular formula is C36H42O10S2. The molecule has 0 aromatic heterocycles. The van der Waals surface area contributed by atoms with Crippen LogP contribution >= 0.6 is 0 Å². The number of ether oxygens (including phenoxy) is 4. The van der Waals surface area contributed by atoms with Crippen LogP contribution in [0.5, 0.6) is 0 Å². The zero-order valence-electron chi connectivity index (χ0n) is 27.0. The number of benzene rings is 4. The molecule has 0 aliphatic carbocycles. The molecule has 0 N–H and O–H groups in total.